The molecule has 2 aromatic carbocycles. The van der Waals surface area contributed by atoms with E-state index in [0.29, 0.717) is 6.54 Å². The van der Waals surface area contributed by atoms with Gasteiger partial charge in [0.15, 0.2) is 5.76 Å². The van der Waals surface area contributed by atoms with Crippen LogP contribution in [0.1, 0.15) is 21.7 Å². The molecule has 168 valence electrons. The predicted octanol–water partition coefficient (Wildman–Crippen LogP) is 3.86. The number of hydrogen-bond acceptors (Lipinski definition) is 6. The summed E-state index contributed by atoms with van der Waals surface area (Å²) in [7, 11) is 0. The highest BCUT2D eigenvalue weighted by atomic mass is 35.5. The van der Waals surface area contributed by atoms with E-state index in [0.717, 1.165) is 44.0 Å². The van der Waals surface area contributed by atoms with E-state index >= 15 is 0 Å². The summed E-state index contributed by atoms with van der Waals surface area (Å²) < 4.78 is 4.94. The van der Waals surface area contributed by atoms with Gasteiger partial charge < -0.3 is 14.6 Å². The van der Waals surface area contributed by atoms with Crippen molar-refractivity contribution >= 4 is 29.9 Å². The fourth-order valence-corrected chi connectivity index (χ4v) is 3.69. The van der Waals surface area contributed by atoms with E-state index in [9.17, 15) is 14.9 Å². The molecule has 4 rings (SSSR count). The summed E-state index contributed by atoms with van der Waals surface area (Å²) in [4.78, 5) is 27.0. The Hall–Kier alpha value is -3.36. The summed E-state index contributed by atoms with van der Waals surface area (Å²) in [5.41, 5.74) is 3.41. The molecule has 1 aromatic heterocycles. The maximum Gasteiger partial charge on any atom is 0.433 e. The first-order chi connectivity index (χ1) is 15.1. The average molecular weight is 457 g/mol. The van der Waals surface area contributed by atoms with Crippen molar-refractivity contribution in [3.63, 3.8) is 0 Å². The largest absolute Gasteiger partial charge is 0.433 e. The molecule has 0 saturated carbocycles. The minimum absolute atomic E-state index is 0. The molecule has 0 bridgehead atoms. The Morgan fingerprint density at radius 2 is 1.69 bits per heavy atom. The zero-order chi connectivity index (χ0) is 21.6. The number of carbonyl (C=O) groups is 1. The Kier molecular flexibility index (Phi) is 7.86. The van der Waals surface area contributed by atoms with E-state index in [1.165, 1.54) is 17.7 Å². The van der Waals surface area contributed by atoms with Crippen molar-refractivity contribution in [3.8, 4) is 0 Å². The summed E-state index contributed by atoms with van der Waals surface area (Å²) in [5.74, 6) is -0.996. The number of halogens is 1. The monoisotopic (exact) mass is 456 g/mol. The normalized spacial score (nSPS) is 13.9. The van der Waals surface area contributed by atoms with Gasteiger partial charge >= 0.3 is 5.88 Å². The first kappa shape index (κ1) is 23.3. The molecule has 0 aliphatic carbocycles. The maximum absolute atomic E-state index is 12.2. The van der Waals surface area contributed by atoms with Crippen molar-refractivity contribution in [2.24, 2.45) is 0 Å². The van der Waals surface area contributed by atoms with Crippen LogP contribution in [0.2, 0.25) is 0 Å². The number of nitrogens with one attached hydrogen (secondary N) is 1. The Morgan fingerprint density at radius 1 is 0.969 bits per heavy atom. The molecule has 0 radical (unpaired) electrons. The summed E-state index contributed by atoms with van der Waals surface area (Å²) in [6, 6.07) is 21.0. The van der Waals surface area contributed by atoms with Crippen LogP contribution in [0.4, 0.5) is 11.6 Å². The van der Waals surface area contributed by atoms with Crippen LogP contribution in [0.25, 0.3) is 0 Å². The molecule has 2 heterocycles. The fourth-order valence-electron chi connectivity index (χ4n) is 3.69. The lowest BCUT2D eigenvalue weighted by Crippen LogP contribution is -2.46. The highest BCUT2D eigenvalue weighted by Gasteiger charge is 2.19. The minimum Gasteiger partial charge on any atom is -0.395 e. The first-order valence-corrected chi connectivity index (χ1v) is 10.2. The minimum atomic E-state index is -0.667. The summed E-state index contributed by atoms with van der Waals surface area (Å²) >= 11 is 0. The van der Waals surface area contributed by atoms with Crippen molar-refractivity contribution in [3.05, 3.63) is 93.7 Å². The number of furan rings is 1. The van der Waals surface area contributed by atoms with Gasteiger partial charge in [0, 0.05) is 45.0 Å². The lowest BCUT2D eigenvalue weighted by atomic mass is 10.1. The van der Waals surface area contributed by atoms with Crippen LogP contribution in [0.5, 0.6) is 0 Å². The van der Waals surface area contributed by atoms with Gasteiger partial charge in [-0.2, -0.15) is 0 Å². The summed E-state index contributed by atoms with van der Waals surface area (Å²) in [6.45, 7) is 5.15. The lowest BCUT2D eigenvalue weighted by Gasteiger charge is -2.36. The molecular formula is C23H25ClN4O4. The number of hydrogen-bond donors (Lipinski definition) is 1. The molecule has 1 aliphatic rings. The van der Waals surface area contributed by atoms with Gasteiger partial charge in [0.2, 0.25) is 0 Å². The number of nitro groups is 1. The zero-order valence-electron chi connectivity index (χ0n) is 17.5. The van der Waals surface area contributed by atoms with Crippen LogP contribution in [0, 0.1) is 10.1 Å². The highest BCUT2D eigenvalue weighted by Crippen LogP contribution is 2.20. The van der Waals surface area contributed by atoms with Crippen molar-refractivity contribution in [2.75, 3.05) is 31.1 Å². The third-order valence-electron chi connectivity index (χ3n) is 5.35. The van der Waals surface area contributed by atoms with Crippen LogP contribution in [-0.2, 0) is 13.1 Å². The van der Waals surface area contributed by atoms with Crippen LogP contribution >= 0.6 is 12.4 Å². The lowest BCUT2D eigenvalue weighted by molar-refractivity contribution is -0.402. The second-order valence-electron chi connectivity index (χ2n) is 7.50. The molecule has 1 saturated heterocycles. The number of piperazine rings is 1. The Bertz CT molecular complexity index is 1050. The molecular weight excluding hydrogens is 432 g/mol. The predicted molar refractivity (Wildman–Crippen MR) is 124 cm³/mol. The molecule has 32 heavy (non-hydrogen) atoms. The number of nitrogens with zero attached hydrogens (tertiary/aromatic N) is 3. The molecule has 0 unspecified atom stereocenters. The Labute approximate surface area is 192 Å². The van der Waals surface area contributed by atoms with Gasteiger partial charge in [-0.25, -0.2) is 0 Å². The van der Waals surface area contributed by atoms with Crippen molar-refractivity contribution in [1.82, 2.24) is 10.2 Å². The Morgan fingerprint density at radius 3 is 2.38 bits per heavy atom. The second-order valence-corrected chi connectivity index (χ2v) is 7.50. The average Bonchev–Trinajstić information content (AvgIpc) is 3.30. The van der Waals surface area contributed by atoms with Gasteiger partial charge in [-0.1, -0.05) is 42.5 Å². The van der Waals surface area contributed by atoms with E-state index in [2.05, 4.69) is 51.5 Å². The van der Waals surface area contributed by atoms with Crippen LogP contribution in [0.15, 0.2) is 71.1 Å². The topological polar surface area (TPSA) is 91.9 Å². The molecule has 1 N–H and O–H groups in total. The number of rotatable bonds is 7. The fraction of sp³-hybridized carbons (Fsp3) is 0.261. The van der Waals surface area contributed by atoms with Crippen LogP contribution in [-0.4, -0.2) is 41.9 Å². The van der Waals surface area contributed by atoms with Crippen LogP contribution < -0.4 is 10.2 Å². The number of amides is 1. The highest BCUT2D eigenvalue weighted by molar-refractivity contribution is 5.91. The van der Waals surface area contributed by atoms with Gasteiger partial charge in [-0.05, 0) is 29.3 Å². The number of anilines is 1. The van der Waals surface area contributed by atoms with E-state index in [4.69, 9.17) is 4.42 Å². The first-order valence-electron chi connectivity index (χ1n) is 10.2. The maximum atomic E-state index is 12.2. The number of carbonyl (C=O) groups excluding carboxylic acids is 1. The quantitative estimate of drug-likeness (QED) is 0.428. The molecule has 1 amide bonds. The van der Waals surface area contributed by atoms with Crippen molar-refractivity contribution in [1.29, 1.82) is 0 Å². The van der Waals surface area contributed by atoms with Crippen LogP contribution in [0.3, 0.4) is 0 Å². The van der Waals surface area contributed by atoms with E-state index < -0.39 is 16.7 Å². The molecule has 1 aliphatic heterocycles. The zero-order valence-corrected chi connectivity index (χ0v) is 18.3. The van der Waals surface area contributed by atoms with Gasteiger partial charge in [0.05, 0.1) is 6.07 Å². The second kappa shape index (κ2) is 10.8. The van der Waals surface area contributed by atoms with E-state index in [-0.39, 0.29) is 18.2 Å². The molecule has 9 heteroatoms. The standard InChI is InChI=1S/C23H24N4O4.ClH/c28-23(21-9-10-22(31-21)27(29)30)24-16-19-7-4-8-20(15-19)26-13-11-25(12-14-26)17-18-5-2-1-3-6-18;/h1-10,15H,11-14,16-17H2,(H,24,28);1H. The van der Waals surface area contributed by atoms with E-state index in [1.54, 1.807) is 0 Å². The van der Waals surface area contributed by atoms with Crippen molar-refractivity contribution in [2.45, 2.75) is 13.1 Å². The molecule has 8 nitrogen and oxygen atoms in total. The molecule has 1 fully saturated rings. The Balaban J connectivity index is 0.00000289. The SMILES string of the molecule is Cl.O=C(NCc1cccc(N2CCN(Cc3ccccc3)CC2)c1)c1ccc([N+](=O)[O-])o1. The summed E-state index contributed by atoms with van der Waals surface area (Å²) in [5, 5.41) is 13.4. The van der Waals surface area contributed by atoms with Gasteiger partial charge in [0.25, 0.3) is 5.91 Å². The van der Waals surface area contributed by atoms with Gasteiger partial charge in [-0.3, -0.25) is 19.8 Å². The number of benzene rings is 2. The van der Waals surface area contributed by atoms with Gasteiger partial charge in [-0.15, -0.1) is 12.4 Å². The molecule has 3 aromatic rings. The third-order valence-corrected chi connectivity index (χ3v) is 5.35. The molecule has 0 spiro atoms. The third kappa shape index (κ3) is 5.87. The van der Waals surface area contributed by atoms with Gasteiger partial charge in [0.1, 0.15) is 4.92 Å². The van der Waals surface area contributed by atoms with E-state index in [1.807, 2.05) is 18.2 Å². The smallest absolute Gasteiger partial charge is 0.395 e. The van der Waals surface area contributed by atoms with Crippen molar-refractivity contribution < 1.29 is 14.1 Å². The summed E-state index contributed by atoms with van der Waals surface area (Å²) in [6.07, 6.45) is 0. The molecule has 0 atom stereocenters.